The van der Waals surface area contributed by atoms with Crippen LogP contribution in [-0.2, 0) is 9.59 Å². The predicted molar refractivity (Wildman–Crippen MR) is 74.9 cm³/mol. The highest BCUT2D eigenvalue weighted by Gasteiger charge is 2.36. The van der Waals surface area contributed by atoms with Gasteiger partial charge in [-0.3, -0.25) is 4.79 Å². The first-order chi connectivity index (χ1) is 9.81. The van der Waals surface area contributed by atoms with Gasteiger partial charge in [0.25, 0.3) is 5.91 Å². The summed E-state index contributed by atoms with van der Waals surface area (Å²) in [6.45, 7) is -0.296. The largest absolute Gasteiger partial charge is 0.477 e. The van der Waals surface area contributed by atoms with Crippen molar-refractivity contribution >= 4 is 33.5 Å². The second kappa shape index (κ2) is 5.80. The minimum atomic E-state index is -1.73. The molecule has 2 rings (SSSR count). The summed E-state index contributed by atoms with van der Waals surface area (Å²) in [4.78, 5) is 24.0. The maximum Gasteiger partial charge on any atom is 0.343 e. The van der Waals surface area contributed by atoms with Crippen molar-refractivity contribution in [2.45, 2.75) is 6.17 Å². The number of rotatable bonds is 3. The molecular weight excluding hydrogens is 350 g/mol. The highest BCUT2D eigenvalue weighted by Crippen LogP contribution is 2.26. The number of carboxylic acids is 1. The zero-order valence-electron chi connectivity index (χ0n) is 10.9. The number of alkyl halides is 1. The van der Waals surface area contributed by atoms with Crippen LogP contribution >= 0.6 is 15.9 Å². The van der Waals surface area contributed by atoms with Gasteiger partial charge < -0.3 is 15.3 Å². The minimum absolute atomic E-state index is 0.105. The Morgan fingerprint density at radius 3 is 2.76 bits per heavy atom. The highest BCUT2D eigenvalue weighted by atomic mass is 79.9. The van der Waals surface area contributed by atoms with E-state index in [2.05, 4.69) is 21.2 Å². The summed E-state index contributed by atoms with van der Waals surface area (Å²) in [5.41, 5.74) is -1.27. The average molecular weight is 361 g/mol. The number of carbonyl (C=O) groups is 2. The lowest BCUT2D eigenvalue weighted by Gasteiger charge is -2.29. The number of nitrogens with one attached hydrogen (secondary N) is 1. The lowest BCUT2D eigenvalue weighted by molar-refractivity contribution is -0.138. The lowest BCUT2D eigenvalue weighted by atomic mass is 10.0. The second-order valence-electron chi connectivity index (χ2n) is 4.50. The summed E-state index contributed by atoms with van der Waals surface area (Å²) >= 11 is 3.08. The molecule has 2 N–H and O–H groups in total. The van der Waals surface area contributed by atoms with E-state index in [0.717, 1.165) is 11.0 Å². The van der Waals surface area contributed by atoms with E-state index in [1.165, 1.54) is 19.2 Å². The van der Waals surface area contributed by atoms with Gasteiger partial charge in [-0.2, -0.15) is 0 Å². The smallest absolute Gasteiger partial charge is 0.343 e. The number of halogens is 3. The van der Waals surface area contributed by atoms with Gasteiger partial charge in [-0.05, 0) is 18.2 Å². The molecule has 0 aliphatic carbocycles. The third kappa shape index (κ3) is 3.05. The Hall–Kier alpha value is -1.96. The molecule has 1 amide bonds. The summed E-state index contributed by atoms with van der Waals surface area (Å²) in [7, 11) is 1.30. The molecular formula is C13H11BrF2N2O3. The fraction of sp³-hybridized carbons (Fsp3) is 0.231. The number of aliphatic carboxylic acids is 1. The summed E-state index contributed by atoms with van der Waals surface area (Å²) in [5, 5.41) is 11.5. The zero-order chi connectivity index (χ0) is 15.7. The Morgan fingerprint density at radius 1 is 1.52 bits per heavy atom. The molecule has 0 radical (unpaired) electrons. The molecule has 1 aromatic rings. The SMILES string of the molecule is CN1CC(F)C(Nc2ccc(Br)cc2F)=C(C(=O)O)C1=O. The first-order valence-electron chi connectivity index (χ1n) is 5.90. The molecule has 1 heterocycles. The first kappa shape index (κ1) is 15.4. The molecule has 5 nitrogen and oxygen atoms in total. The molecule has 1 aliphatic rings. The van der Waals surface area contributed by atoms with Crippen LogP contribution in [-0.4, -0.2) is 41.6 Å². The van der Waals surface area contributed by atoms with Crippen LogP contribution < -0.4 is 5.32 Å². The Bertz CT molecular complexity index is 648. The number of carboxylic acid groups (broad SMARTS) is 1. The van der Waals surface area contributed by atoms with E-state index in [4.69, 9.17) is 5.11 Å². The van der Waals surface area contributed by atoms with Crippen molar-refractivity contribution in [3.05, 3.63) is 39.8 Å². The van der Waals surface area contributed by atoms with Crippen molar-refractivity contribution in [3.63, 3.8) is 0 Å². The number of carbonyl (C=O) groups excluding carboxylic acids is 1. The fourth-order valence-electron chi connectivity index (χ4n) is 1.96. The third-order valence-corrected chi connectivity index (χ3v) is 3.48. The van der Waals surface area contributed by atoms with Gasteiger partial charge in [0.1, 0.15) is 11.4 Å². The molecule has 21 heavy (non-hydrogen) atoms. The molecule has 0 aromatic heterocycles. The van der Waals surface area contributed by atoms with Gasteiger partial charge in [0.15, 0.2) is 6.17 Å². The van der Waals surface area contributed by atoms with E-state index in [-0.39, 0.29) is 12.2 Å². The molecule has 0 spiro atoms. The summed E-state index contributed by atoms with van der Waals surface area (Å²) < 4.78 is 28.3. The molecule has 1 unspecified atom stereocenters. The summed E-state index contributed by atoms with van der Waals surface area (Å²) in [6, 6.07) is 3.98. The van der Waals surface area contributed by atoms with Crippen LogP contribution in [0.3, 0.4) is 0 Å². The fourth-order valence-corrected chi connectivity index (χ4v) is 2.29. The number of amides is 1. The Kier molecular flexibility index (Phi) is 4.26. The van der Waals surface area contributed by atoms with Crippen LogP contribution in [0.2, 0.25) is 0 Å². The average Bonchev–Trinajstić information content (AvgIpc) is 2.38. The van der Waals surface area contributed by atoms with Gasteiger partial charge >= 0.3 is 5.97 Å². The number of anilines is 1. The minimum Gasteiger partial charge on any atom is -0.477 e. The quantitative estimate of drug-likeness (QED) is 0.810. The molecule has 8 heteroatoms. The van der Waals surface area contributed by atoms with Crippen molar-refractivity contribution in [2.24, 2.45) is 0 Å². The van der Waals surface area contributed by atoms with Gasteiger partial charge in [-0.1, -0.05) is 15.9 Å². The Balaban J connectivity index is 2.47. The number of hydrogen-bond donors (Lipinski definition) is 2. The molecule has 0 fully saturated rings. The maximum atomic E-state index is 14.1. The van der Waals surface area contributed by atoms with Gasteiger partial charge in [0, 0.05) is 11.5 Å². The van der Waals surface area contributed by atoms with E-state index in [0.29, 0.717) is 4.47 Å². The number of hydrogen-bond acceptors (Lipinski definition) is 3. The molecule has 0 bridgehead atoms. The van der Waals surface area contributed by atoms with Gasteiger partial charge in [-0.15, -0.1) is 0 Å². The number of likely N-dealkylation sites (N-methyl/N-ethyl adjacent to an activating group) is 1. The Labute approximate surface area is 127 Å². The van der Waals surface area contributed by atoms with Crippen LogP contribution in [0.5, 0.6) is 0 Å². The van der Waals surface area contributed by atoms with Crippen molar-refractivity contribution in [3.8, 4) is 0 Å². The zero-order valence-corrected chi connectivity index (χ0v) is 12.4. The molecule has 1 aliphatic heterocycles. The van der Waals surface area contributed by atoms with Gasteiger partial charge in [0.2, 0.25) is 0 Å². The molecule has 1 atom stereocenters. The van der Waals surface area contributed by atoms with E-state index in [1.54, 1.807) is 0 Å². The first-order valence-corrected chi connectivity index (χ1v) is 6.69. The van der Waals surface area contributed by atoms with E-state index in [1.807, 2.05) is 0 Å². The van der Waals surface area contributed by atoms with Crippen molar-refractivity contribution in [1.82, 2.24) is 4.90 Å². The van der Waals surface area contributed by atoms with E-state index in [9.17, 15) is 18.4 Å². The monoisotopic (exact) mass is 360 g/mol. The van der Waals surface area contributed by atoms with Gasteiger partial charge in [0.05, 0.1) is 17.9 Å². The van der Waals surface area contributed by atoms with Crippen molar-refractivity contribution in [2.75, 3.05) is 18.9 Å². The number of benzene rings is 1. The number of nitrogens with zero attached hydrogens (tertiary/aromatic N) is 1. The molecule has 1 aromatic carbocycles. The molecule has 112 valence electrons. The van der Waals surface area contributed by atoms with Crippen LogP contribution in [0.15, 0.2) is 33.9 Å². The summed E-state index contributed by atoms with van der Waals surface area (Å²) in [6.07, 6.45) is -1.73. The van der Waals surface area contributed by atoms with Gasteiger partial charge in [-0.25, -0.2) is 13.6 Å². The van der Waals surface area contributed by atoms with Crippen molar-refractivity contribution in [1.29, 1.82) is 0 Å². The predicted octanol–water partition coefficient (Wildman–Crippen LogP) is 2.15. The second-order valence-corrected chi connectivity index (χ2v) is 5.41. The third-order valence-electron chi connectivity index (χ3n) is 2.99. The Morgan fingerprint density at radius 2 is 2.19 bits per heavy atom. The highest BCUT2D eigenvalue weighted by molar-refractivity contribution is 9.10. The van der Waals surface area contributed by atoms with Crippen LogP contribution in [0.1, 0.15) is 0 Å². The van der Waals surface area contributed by atoms with Crippen molar-refractivity contribution < 1.29 is 23.5 Å². The summed E-state index contributed by atoms with van der Waals surface area (Å²) in [5.74, 6) is -3.08. The molecule has 0 saturated heterocycles. The standard InChI is InChI=1S/C13H11BrF2N2O3/c1-18-5-8(16)11(10(12(18)19)13(20)21)17-9-3-2-6(14)4-7(9)15/h2-4,8,17H,5H2,1H3,(H,20,21). The van der Waals surface area contributed by atoms with E-state index < -0.39 is 35.1 Å². The van der Waals surface area contributed by atoms with Crippen LogP contribution in [0.25, 0.3) is 0 Å². The maximum absolute atomic E-state index is 14.1. The van der Waals surface area contributed by atoms with Crippen LogP contribution in [0.4, 0.5) is 14.5 Å². The normalized spacial score (nSPS) is 19.0. The van der Waals surface area contributed by atoms with E-state index >= 15 is 0 Å². The molecule has 0 saturated carbocycles. The lowest BCUT2D eigenvalue weighted by Crippen LogP contribution is -2.44. The topological polar surface area (TPSA) is 69.6 Å². The van der Waals surface area contributed by atoms with Crippen LogP contribution in [0, 0.1) is 5.82 Å².